The Kier molecular flexibility index (Phi) is 5.88. The largest absolute Gasteiger partial charge is 0.491 e. The normalized spacial score (nSPS) is 13.4. The minimum atomic E-state index is -0.338. The molecule has 4 rings (SSSR count). The van der Waals surface area contributed by atoms with Gasteiger partial charge in [-0.15, -0.1) is 5.10 Å². The Morgan fingerprint density at radius 1 is 1.16 bits per heavy atom. The van der Waals surface area contributed by atoms with Gasteiger partial charge in [0, 0.05) is 23.7 Å². The van der Waals surface area contributed by atoms with Gasteiger partial charge in [-0.3, -0.25) is 9.36 Å². The van der Waals surface area contributed by atoms with Crippen molar-refractivity contribution in [1.82, 2.24) is 19.7 Å². The van der Waals surface area contributed by atoms with Gasteiger partial charge in [-0.05, 0) is 75.2 Å². The first-order chi connectivity index (χ1) is 14.9. The molecule has 1 aromatic heterocycles. The minimum Gasteiger partial charge on any atom is -0.491 e. The van der Waals surface area contributed by atoms with Gasteiger partial charge >= 0.3 is 5.69 Å². The number of hydrogen-bond donors (Lipinski definition) is 1. The fourth-order valence-corrected chi connectivity index (χ4v) is 3.36. The van der Waals surface area contributed by atoms with Crippen molar-refractivity contribution >= 4 is 5.91 Å². The maximum absolute atomic E-state index is 13.3. The maximum Gasteiger partial charge on any atom is 0.346 e. The summed E-state index contributed by atoms with van der Waals surface area (Å²) in [7, 11) is 0. The third kappa shape index (κ3) is 4.84. The number of halogens is 1. The van der Waals surface area contributed by atoms with Crippen molar-refractivity contribution in [2.75, 3.05) is 6.54 Å². The van der Waals surface area contributed by atoms with E-state index in [0.29, 0.717) is 22.7 Å². The highest BCUT2D eigenvalue weighted by Crippen LogP contribution is 2.36. The Bertz CT molecular complexity index is 1110. The molecule has 0 atom stereocenters. The van der Waals surface area contributed by atoms with Crippen LogP contribution in [0.1, 0.15) is 43.1 Å². The molecule has 7 nitrogen and oxygen atoms in total. The Morgan fingerprint density at radius 3 is 2.45 bits per heavy atom. The van der Waals surface area contributed by atoms with Crippen LogP contribution >= 0.6 is 0 Å². The lowest BCUT2D eigenvalue weighted by Crippen LogP contribution is -2.32. The number of amides is 1. The van der Waals surface area contributed by atoms with E-state index in [4.69, 9.17) is 4.74 Å². The Balaban J connectivity index is 1.43. The van der Waals surface area contributed by atoms with Crippen molar-refractivity contribution in [1.29, 1.82) is 0 Å². The lowest BCUT2D eigenvalue weighted by atomic mass is 10.2. The van der Waals surface area contributed by atoms with Crippen LogP contribution in [-0.4, -0.2) is 32.9 Å². The van der Waals surface area contributed by atoms with E-state index in [-0.39, 0.29) is 42.6 Å². The number of carbonyl (C=O) groups excluding carboxylic acids is 1. The zero-order valence-electron chi connectivity index (χ0n) is 17.5. The molecule has 0 spiro atoms. The standard InChI is InChI=1S/C23H25FN4O3/c1-15(2)31-20-11-5-17(6-12-20)22(29)25-13-14-27-23(30)28(19-9-10-19)21(26-27)16-3-7-18(24)8-4-16/h3-8,11-12,15,19H,9-10,13-14H2,1-2H3,(H,25,29). The molecule has 162 valence electrons. The lowest BCUT2D eigenvalue weighted by molar-refractivity contribution is 0.0951. The van der Waals surface area contributed by atoms with Crippen LogP contribution in [0.25, 0.3) is 11.4 Å². The van der Waals surface area contributed by atoms with Gasteiger partial charge in [-0.2, -0.15) is 0 Å². The molecule has 3 aromatic rings. The number of aromatic nitrogens is 3. The van der Waals surface area contributed by atoms with Gasteiger partial charge in [-0.25, -0.2) is 13.9 Å². The van der Waals surface area contributed by atoms with Crippen LogP contribution in [0.2, 0.25) is 0 Å². The molecule has 2 aromatic carbocycles. The third-order valence-corrected chi connectivity index (χ3v) is 4.98. The number of carbonyl (C=O) groups is 1. The van der Waals surface area contributed by atoms with Crippen molar-refractivity contribution in [3.63, 3.8) is 0 Å². The summed E-state index contributed by atoms with van der Waals surface area (Å²) in [5.41, 5.74) is 0.988. The molecule has 0 aliphatic heterocycles. The second-order valence-corrected chi connectivity index (χ2v) is 7.88. The van der Waals surface area contributed by atoms with Gasteiger partial charge in [0.2, 0.25) is 0 Å². The fourth-order valence-electron chi connectivity index (χ4n) is 3.36. The average molecular weight is 424 g/mol. The molecule has 0 bridgehead atoms. The van der Waals surface area contributed by atoms with Crippen molar-refractivity contribution < 1.29 is 13.9 Å². The number of ether oxygens (including phenoxy) is 1. The number of nitrogens with zero attached hydrogens (tertiary/aromatic N) is 3. The molecule has 0 unspecified atom stereocenters. The van der Waals surface area contributed by atoms with E-state index in [2.05, 4.69) is 10.4 Å². The van der Waals surface area contributed by atoms with Gasteiger partial charge in [0.15, 0.2) is 5.82 Å². The van der Waals surface area contributed by atoms with Crippen molar-refractivity contribution in [3.05, 3.63) is 70.4 Å². The molecule has 8 heteroatoms. The number of benzene rings is 2. The molecule has 1 fully saturated rings. The zero-order valence-corrected chi connectivity index (χ0v) is 17.5. The van der Waals surface area contributed by atoms with E-state index in [0.717, 1.165) is 12.8 Å². The Hall–Kier alpha value is -3.42. The first-order valence-corrected chi connectivity index (χ1v) is 10.4. The van der Waals surface area contributed by atoms with Gasteiger partial charge < -0.3 is 10.1 Å². The first-order valence-electron chi connectivity index (χ1n) is 10.4. The second-order valence-electron chi connectivity index (χ2n) is 7.88. The van der Waals surface area contributed by atoms with E-state index < -0.39 is 0 Å². The number of nitrogens with one attached hydrogen (secondary N) is 1. The summed E-state index contributed by atoms with van der Waals surface area (Å²) in [4.78, 5) is 25.2. The summed E-state index contributed by atoms with van der Waals surface area (Å²) in [5, 5.41) is 7.27. The summed E-state index contributed by atoms with van der Waals surface area (Å²) in [6.07, 6.45) is 1.91. The molecule has 0 saturated heterocycles. The van der Waals surface area contributed by atoms with Gasteiger partial charge in [0.1, 0.15) is 11.6 Å². The monoisotopic (exact) mass is 424 g/mol. The number of hydrogen-bond acceptors (Lipinski definition) is 4. The lowest BCUT2D eigenvalue weighted by Gasteiger charge is -2.10. The van der Waals surface area contributed by atoms with Gasteiger partial charge in [0.25, 0.3) is 5.91 Å². The molecule has 1 N–H and O–H groups in total. The molecule has 1 amide bonds. The Morgan fingerprint density at radius 2 is 1.84 bits per heavy atom. The molecule has 1 aliphatic carbocycles. The number of rotatable bonds is 8. The van der Waals surface area contributed by atoms with E-state index in [1.165, 1.54) is 16.8 Å². The van der Waals surface area contributed by atoms with Crippen molar-refractivity contribution in [3.8, 4) is 17.1 Å². The van der Waals surface area contributed by atoms with Crippen LogP contribution < -0.4 is 15.7 Å². The van der Waals surface area contributed by atoms with E-state index in [1.807, 2.05) is 13.8 Å². The van der Waals surface area contributed by atoms with Crippen LogP contribution in [0.15, 0.2) is 53.3 Å². The summed E-state index contributed by atoms with van der Waals surface area (Å²) in [6, 6.07) is 13.0. The molecule has 1 saturated carbocycles. The van der Waals surface area contributed by atoms with Crippen LogP contribution in [-0.2, 0) is 6.54 Å². The molecule has 31 heavy (non-hydrogen) atoms. The fraction of sp³-hybridized carbons (Fsp3) is 0.348. The van der Waals surface area contributed by atoms with Crippen LogP contribution in [0.5, 0.6) is 5.75 Å². The molecular weight excluding hydrogens is 399 g/mol. The average Bonchev–Trinajstić information content (AvgIpc) is 3.52. The highest BCUT2D eigenvalue weighted by Gasteiger charge is 2.30. The van der Waals surface area contributed by atoms with Gasteiger partial charge in [-0.1, -0.05) is 0 Å². The van der Waals surface area contributed by atoms with Crippen LogP contribution in [0.4, 0.5) is 4.39 Å². The van der Waals surface area contributed by atoms with E-state index in [1.54, 1.807) is 41.0 Å². The molecular formula is C23H25FN4O3. The van der Waals surface area contributed by atoms with E-state index in [9.17, 15) is 14.0 Å². The van der Waals surface area contributed by atoms with Crippen LogP contribution in [0, 0.1) is 5.82 Å². The predicted molar refractivity (Wildman–Crippen MR) is 115 cm³/mol. The third-order valence-electron chi connectivity index (χ3n) is 4.98. The smallest absolute Gasteiger partial charge is 0.346 e. The quantitative estimate of drug-likeness (QED) is 0.601. The maximum atomic E-state index is 13.3. The Labute approximate surface area is 179 Å². The molecule has 0 radical (unpaired) electrons. The molecule has 1 aliphatic rings. The minimum absolute atomic E-state index is 0.0632. The molecule has 1 heterocycles. The summed E-state index contributed by atoms with van der Waals surface area (Å²) in [5.74, 6) is 0.663. The van der Waals surface area contributed by atoms with Crippen molar-refractivity contribution in [2.24, 2.45) is 0 Å². The second kappa shape index (κ2) is 8.75. The van der Waals surface area contributed by atoms with Crippen molar-refractivity contribution in [2.45, 2.75) is 45.4 Å². The highest BCUT2D eigenvalue weighted by molar-refractivity contribution is 5.94. The summed E-state index contributed by atoms with van der Waals surface area (Å²) < 4.78 is 21.9. The van der Waals surface area contributed by atoms with Crippen LogP contribution in [0.3, 0.4) is 0 Å². The topological polar surface area (TPSA) is 78.2 Å². The highest BCUT2D eigenvalue weighted by atomic mass is 19.1. The first kappa shape index (κ1) is 20.8. The zero-order chi connectivity index (χ0) is 22.0. The summed E-state index contributed by atoms with van der Waals surface area (Å²) >= 11 is 0. The summed E-state index contributed by atoms with van der Waals surface area (Å²) in [6.45, 7) is 4.38. The predicted octanol–water partition coefficient (Wildman–Crippen LogP) is 3.40. The van der Waals surface area contributed by atoms with Gasteiger partial charge in [0.05, 0.1) is 12.6 Å². The van der Waals surface area contributed by atoms with E-state index >= 15 is 0 Å². The SMILES string of the molecule is CC(C)Oc1ccc(C(=O)NCCn2nc(-c3ccc(F)cc3)n(C3CC3)c2=O)cc1.